The Morgan fingerprint density at radius 3 is 2.50 bits per heavy atom. The Balaban J connectivity index is 2.18. The molecule has 1 aliphatic heterocycles. The smallest absolute Gasteiger partial charge is 0.250 e. The lowest BCUT2D eigenvalue weighted by Crippen LogP contribution is -2.35. The van der Waals surface area contributed by atoms with Crippen LogP contribution in [0.4, 0.5) is 4.39 Å². The lowest BCUT2D eigenvalue weighted by molar-refractivity contribution is -0.128. The van der Waals surface area contributed by atoms with Gasteiger partial charge in [-0.1, -0.05) is 12.1 Å². The van der Waals surface area contributed by atoms with E-state index < -0.39 is 0 Å². The number of amides is 1. The molecule has 3 nitrogen and oxygen atoms in total. The van der Waals surface area contributed by atoms with Gasteiger partial charge in [-0.05, 0) is 43.5 Å². The SMILES string of the molecule is CC1=C(C)C(CCC=O)N(Cc2ccc(F)cc2)C1=O. The van der Waals surface area contributed by atoms with Crippen molar-refractivity contribution >= 4 is 12.2 Å². The second-order valence-corrected chi connectivity index (χ2v) is 5.13. The molecule has 1 amide bonds. The molecule has 1 aromatic rings. The molecular weight excluding hydrogens is 257 g/mol. The van der Waals surface area contributed by atoms with Crippen molar-refractivity contribution in [3.05, 3.63) is 46.8 Å². The van der Waals surface area contributed by atoms with Gasteiger partial charge < -0.3 is 9.69 Å². The zero-order valence-electron chi connectivity index (χ0n) is 11.7. The zero-order chi connectivity index (χ0) is 14.7. The number of benzene rings is 1. The van der Waals surface area contributed by atoms with E-state index in [-0.39, 0.29) is 17.8 Å². The summed E-state index contributed by atoms with van der Waals surface area (Å²) in [5.41, 5.74) is 2.67. The first-order valence-electron chi connectivity index (χ1n) is 6.71. The van der Waals surface area contributed by atoms with Crippen LogP contribution in [-0.4, -0.2) is 23.1 Å². The molecule has 1 aromatic carbocycles. The Hall–Kier alpha value is -1.97. The van der Waals surface area contributed by atoms with Crippen LogP contribution in [0.15, 0.2) is 35.4 Å². The minimum absolute atomic E-state index is 0.00252. The van der Waals surface area contributed by atoms with E-state index >= 15 is 0 Å². The summed E-state index contributed by atoms with van der Waals surface area (Å²) in [5, 5.41) is 0. The fourth-order valence-electron chi connectivity index (χ4n) is 2.58. The van der Waals surface area contributed by atoms with Crippen molar-refractivity contribution < 1.29 is 14.0 Å². The summed E-state index contributed by atoms with van der Waals surface area (Å²) < 4.78 is 12.9. The van der Waals surface area contributed by atoms with Crippen LogP contribution >= 0.6 is 0 Å². The molecule has 0 bridgehead atoms. The number of nitrogens with zero attached hydrogens (tertiary/aromatic N) is 1. The minimum atomic E-state index is -0.288. The molecule has 0 aliphatic carbocycles. The van der Waals surface area contributed by atoms with E-state index in [1.54, 1.807) is 17.0 Å². The third kappa shape index (κ3) is 2.79. The van der Waals surface area contributed by atoms with Crippen molar-refractivity contribution in [2.75, 3.05) is 0 Å². The van der Waals surface area contributed by atoms with Crippen LogP contribution in [0.1, 0.15) is 32.3 Å². The Morgan fingerprint density at radius 1 is 1.25 bits per heavy atom. The van der Waals surface area contributed by atoms with Gasteiger partial charge in [-0.3, -0.25) is 4.79 Å². The summed E-state index contributed by atoms with van der Waals surface area (Å²) in [6.45, 7) is 4.20. The molecule has 0 fully saturated rings. The molecule has 1 aliphatic rings. The molecule has 0 spiro atoms. The van der Waals surface area contributed by atoms with Crippen LogP contribution in [0, 0.1) is 5.82 Å². The molecule has 0 saturated carbocycles. The summed E-state index contributed by atoms with van der Waals surface area (Å²) in [4.78, 5) is 24.6. The van der Waals surface area contributed by atoms with Gasteiger partial charge in [0.15, 0.2) is 0 Å². The van der Waals surface area contributed by atoms with E-state index in [4.69, 9.17) is 0 Å². The van der Waals surface area contributed by atoms with Crippen LogP contribution in [0.3, 0.4) is 0 Å². The predicted molar refractivity (Wildman–Crippen MR) is 74.4 cm³/mol. The molecule has 0 N–H and O–H groups in total. The third-order valence-electron chi connectivity index (χ3n) is 3.87. The number of carbonyl (C=O) groups excluding carboxylic acids is 2. The Morgan fingerprint density at radius 2 is 1.90 bits per heavy atom. The van der Waals surface area contributed by atoms with Gasteiger partial charge in [0.05, 0.1) is 6.04 Å². The maximum atomic E-state index is 12.9. The first-order chi connectivity index (χ1) is 9.54. The highest BCUT2D eigenvalue weighted by atomic mass is 19.1. The number of carbonyl (C=O) groups is 2. The first-order valence-corrected chi connectivity index (χ1v) is 6.71. The lowest BCUT2D eigenvalue weighted by Gasteiger charge is -2.26. The van der Waals surface area contributed by atoms with Gasteiger partial charge in [0.25, 0.3) is 0 Å². The fraction of sp³-hybridized carbons (Fsp3) is 0.375. The number of rotatable bonds is 5. The monoisotopic (exact) mass is 275 g/mol. The van der Waals surface area contributed by atoms with Crippen molar-refractivity contribution in [3.63, 3.8) is 0 Å². The fourth-order valence-corrected chi connectivity index (χ4v) is 2.58. The van der Waals surface area contributed by atoms with Gasteiger partial charge >= 0.3 is 0 Å². The molecule has 0 aromatic heterocycles. The second-order valence-electron chi connectivity index (χ2n) is 5.13. The second kappa shape index (κ2) is 5.99. The molecule has 0 saturated heterocycles. The molecule has 4 heteroatoms. The van der Waals surface area contributed by atoms with E-state index in [1.807, 2.05) is 13.8 Å². The summed E-state index contributed by atoms with van der Waals surface area (Å²) in [6, 6.07) is 6.12. The normalized spacial score (nSPS) is 18.9. The van der Waals surface area contributed by atoms with Gasteiger partial charge in [-0.25, -0.2) is 4.39 Å². The average Bonchev–Trinajstić information content (AvgIpc) is 2.64. The van der Waals surface area contributed by atoms with E-state index in [9.17, 15) is 14.0 Å². The van der Waals surface area contributed by atoms with Gasteiger partial charge in [0.1, 0.15) is 12.1 Å². The number of halogens is 1. The number of hydrogen-bond acceptors (Lipinski definition) is 2. The standard InChI is InChI=1S/C16H18FNO2/c1-11-12(2)16(20)18(15(11)4-3-9-19)10-13-5-7-14(17)8-6-13/h5-9,15H,3-4,10H2,1-2H3. The Kier molecular flexibility index (Phi) is 4.32. The molecule has 1 atom stereocenters. The Labute approximate surface area is 118 Å². The van der Waals surface area contributed by atoms with Gasteiger partial charge in [-0.15, -0.1) is 0 Å². The molecule has 20 heavy (non-hydrogen) atoms. The minimum Gasteiger partial charge on any atom is -0.328 e. The quantitative estimate of drug-likeness (QED) is 0.775. The highest BCUT2D eigenvalue weighted by Crippen LogP contribution is 2.29. The largest absolute Gasteiger partial charge is 0.328 e. The summed E-state index contributed by atoms with van der Waals surface area (Å²) >= 11 is 0. The van der Waals surface area contributed by atoms with E-state index in [0.29, 0.717) is 19.4 Å². The summed E-state index contributed by atoms with van der Waals surface area (Å²) in [5.74, 6) is -0.285. The van der Waals surface area contributed by atoms with Gasteiger partial charge in [0.2, 0.25) is 5.91 Å². The molecule has 1 heterocycles. The van der Waals surface area contributed by atoms with Gasteiger partial charge in [-0.2, -0.15) is 0 Å². The summed E-state index contributed by atoms with van der Waals surface area (Å²) in [6.07, 6.45) is 1.95. The van der Waals surface area contributed by atoms with Crippen LogP contribution in [0.5, 0.6) is 0 Å². The Bertz CT molecular complexity index is 548. The van der Waals surface area contributed by atoms with Crippen molar-refractivity contribution in [3.8, 4) is 0 Å². The highest BCUT2D eigenvalue weighted by Gasteiger charge is 2.34. The number of hydrogen-bond donors (Lipinski definition) is 0. The van der Waals surface area contributed by atoms with Crippen molar-refractivity contribution in [2.45, 2.75) is 39.3 Å². The van der Waals surface area contributed by atoms with Crippen LogP contribution < -0.4 is 0 Å². The van der Waals surface area contributed by atoms with Crippen LogP contribution in [-0.2, 0) is 16.1 Å². The van der Waals surface area contributed by atoms with Crippen molar-refractivity contribution in [1.29, 1.82) is 0 Å². The average molecular weight is 275 g/mol. The van der Waals surface area contributed by atoms with Crippen LogP contribution in [0.25, 0.3) is 0 Å². The maximum Gasteiger partial charge on any atom is 0.250 e. The third-order valence-corrected chi connectivity index (χ3v) is 3.87. The first kappa shape index (κ1) is 14.4. The molecule has 1 unspecified atom stereocenters. The van der Waals surface area contributed by atoms with E-state index in [2.05, 4.69) is 0 Å². The van der Waals surface area contributed by atoms with Crippen LogP contribution in [0.2, 0.25) is 0 Å². The lowest BCUT2D eigenvalue weighted by atomic mass is 10.0. The predicted octanol–water partition coefficient (Wildman–Crippen LogP) is 2.85. The maximum absolute atomic E-state index is 12.9. The highest BCUT2D eigenvalue weighted by molar-refractivity contribution is 5.97. The number of aldehydes is 1. The van der Waals surface area contributed by atoms with E-state index in [1.165, 1.54) is 12.1 Å². The molecule has 2 rings (SSSR count). The van der Waals surface area contributed by atoms with Crippen molar-refractivity contribution in [2.24, 2.45) is 0 Å². The molecule has 0 radical (unpaired) electrons. The van der Waals surface area contributed by atoms with Gasteiger partial charge in [0, 0.05) is 18.5 Å². The molecular formula is C16H18FNO2. The summed E-state index contributed by atoms with van der Waals surface area (Å²) in [7, 11) is 0. The topological polar surface area (TPSA) is 37.4 Å². The van der Waals surface area contributed by atoms with E-state index in [0.717, 1.165) is 23.0 Å². The zero-order valence-corrected chi connectivity index (χ0v) is 11.7. The molecule has 106 valence electrons. The van der Waals surface area contributed by atoms with Crippen molar-refractivity contribution in [1.82, 2.24) is 4.90 Å².